The summed E-state index contributed by atoms with van der Waals surface area (Å²) in [7, 11) is -4.59. The average Bonchev–Trinajstić information content (AvgIpc) is 3.35. The minimum absolute atomic E-state index is 0.0408. The lowest BCUT2D eigenvalue weighted by Gasteiger charge is -2.17. The van der Waals surface area contributed by atoms with Gasteiger partial charge in [-0.15, -0.1) is 0 Å². The number of carbonyl (C=O) groups excluding carboxylic acids is 1. The number of nitrogens with zero attached hydrogens (tertiary/aromatic N) is 1. The lowest BCUT2D eigenvalue weighted by molar-refractivity contribution is -0.683. The summed E-state index contributed by atoms with van der Waals surface area (Å²) in [5, 5.41) is 0. The smallest absolute Gasteiger partial charge is 0.493 e. The quantitative estimate of drug-likeness (QED) is 0.0556. The van der Waals surface area contributed by atoms with Crippen LogP contribution in [0, 0.1) is 6.92 Å². The predicted octanol–water partition coefficient (Wildman–Crippen LogP) is 9.23. The fourth-order valence-corrected chi connectivity index (χ4v) is 6.26. The first kappa shape index (κ1) is 33.8. The molecule has 0 aliphatic rings. The van der Waals surface area contributed by atoms with Gasteiger partial charge in [-0.3, -0.25) is 9.69 Å². The van der Waals surface area contributed by atoms with Gasteiger partial charge in [0.1, 0.15) is 17.2 Å². The number of rotatable bonds is 21. The zero-order chi connectivity index (χ0) is 30.2. The van der Waals surface area contributed by atoms with E-state index >= 15 is 0 Å². The molecule has 0 amide bonds. The van der Waals surface area contributed by atoms with Gasteiger partial charge in [0.2, 0.25) is 5.51 Å². The van der Waals surface area contributed by atoms with E-state index < -0.39 is 7.82 Å². The number of thiazole rings is 1. The Morgan fingerprint density at radius 3 is 2.17 bits per heavy atom. The van der Waals surface area contributed by atoms with Gasteiger partial charge in [-0.25, -0.2) is 4.57 Å². The van der Waals surface area contributed by atoms with Crippen molar-refractivity contribution in [1.82, 2.24) is 0 Å². The minimum Gasteiger partial charge on any atom is -0.493 e. The van der Waals surface area contributed by atoms with Crippen LogP contribution in [0.3, 0.4) is 0 Å². The summed E-state index contributed by atoms with van der Waals surface area (Å²) in [6.45, 7) is 6.80. The van der Waals surface area contributed by atoms with Crippen LogP contribution in [0.25, 0.3) is 0 Å². The molecule has 3 aromatic rings. The second-order valence-electron chi connectivity index (χ2n) is 10.9. The first-order chi connectivity index (χ1) is 20.3. The van der Waals surface area contributed by atoms with Crippen LogP contribution in [0.2, 0.25) is 0 Å². The Hall–Kier alpha value is -2.67. The van der Waals surface area contributed by atoms with Crippen LogP contribution >= 0.6 is 19.2 Å². The summed E-state index contributed by atoms with van der Waals surface area (Å²) in [6, 6.07) is 11.7. The van der Waals surface area contributed by atoms with Crippen molar-refractivity contribution in [2.45, 2.75) is 104 Å². The fourth-order valence-electron chi connectivity index (χ4n) is 4.81. The predicted molar refractivity (Wildman–Crippen MR) is 169 cm³/mol. The Balaban J connectivity index is 1.45. The van der Waals surface area contributed by atoms with Crippen molar-refractivity contribution < 1.29 is 32.6 Å². The van der Waals surface area contributed by atoms with E-state index in [-0.39, 0.29) is 22.8 Å². The maximum absolute atomic E-state index is 13.0. The molecule has 0 spiro atoms. The third-order valence-corrected chi connectivity index (χ3v) is 8.74. The van der Waals surface area contributed by atoms with E-state index in [0.29, 0.717) is 18.9 Å². The molecule has 1 aromatic heterocycles. The van der Waals surface area contributed by atoms with Crippen molar-refractivity contribution in [3.63, 3.8) is 0 Å². The molecule has 7 nitrogen and oxygen atoms in total. The molecule has 1 unspecified atom stereocenters. The highest BCUT2D eigenvalue weighted by Crippen LogP contribution is 2.46. The summed E-state index contributed by atoms with van der Waals surface area (Å²) in [5.41, 5.74) is 3.11. The van der Waals surface area contributed by atoms with E-state index in [2.05, 4.69) is 6.92 Å². The van der Waals surface area contributed by atoms with E-state index in [4.69, 9.17) is 13.8 Å². The number of ketones is 1. The molecule has 0 saturated carbocycles. The van der Waals surface area contributed by atoms with Gasteiger partial charge in [0.15, 0.2) is 18.5 Å². The van der Waals surface area contributed by atoms with Crippen molar-refractivity contribution in [3.8, 4) is 17.2 Å². The molecule has 0 radical (unpaired) electrons. The van der Waals surface area contributed by atoms with E-state index in [1.165, 1.54) is 82.1 Å². The van der Waals surface area contributed by atoms with Crippen LogP contribution in [-0.4, -0.2) is 17.3 Å². The van der Waals surface area contributed by atoms with Gasteiger partial charge in [-0.2, -0.15) is 4.57 Å². The Morgan fingerprint density at radius 1 is 0.881 bits per heavy atom. The number of benzene rings is 2. The maximum Gasteiger partial charge on any atom is 0.584 e. The lowest BCUT2D eigenvalue weighted by Crippen LogP contribution is -2.30. The maximum atomic E-state index is 13.0. The van der Waals surface area contributed by atoms with Crippen molar-refractivity contribution >= 4 is 24.9 Å². The minimum atomic E-state index is -4.59. The third-order valence-electron chi connectivity index (χ3n) is 7.02. The zero-order valence-corrected chi connectivity index (χ0v) is 27.1. The van der Waals surface area contributed by atoms with Gasteiger partial charge >= 0.3 is 7.82 Å². The van der Waals surface area contributed by atoms with Crippen LogP contribution in [0.1, 0.15) is 112 Å². The molecule has 2 aromatic carbocycles. The number of aromatic nitrogens is 1. The van der Waals surface area contributed by atoms with E-state index in [1.54, 1.807) is 41.7 Å². The van der Waals surface area contributed by atoms with Gasteiger partial charge in [-0.1, -0.05) is 101 Å². The van der Waals surface area contributed by atoms with Crippen molar-refractivity contribution in [2.75, 3.05) is 6.61 Å². The molecule has 0 bridgehead atoms. The average molecular weight is 617 g/mol. The Kier molecular flexibility index (Phi) is 14.6. The summed E-state index contributed by atoms with van der Waals surface area (Å²) in [6.07, 6.45) is 17.2. The molecule has 1 atom stereocenters. The molecule has 9 heteroatoms. The Morgan fingerprint density at radius 2 is 1.55 bits per heavy atom. The Bertz CT molecular complexity index is 1290. The van der Waals surface area contributed by atoms with Crippen LogP contribution in [-0.2, 0) is 11.1 Å². The molecule has 0 saturated heterocycles. The largest absolute Gasteiger partial charge is 0.584 e. The number of phosphoric acid groups is 1. The number of ether oxygens (including phenoxy) is 1. The normalized spacial score (nSPS) is 12.6. The molecule has 1 heterocycles. The molecular weight excluding hydrogens is 569 g/mol. The van der Waals surface area contributed by atoms with Crippen molar-refractivity contribution in [1.29, 1.82) is 0 Å². The van der Waals surface area contributed by atoms with Gasteiger partial charge in [0.05, 0.1) is 17.0 Å². The first-order valence-corrected chi connectivity index (χ1v) is 17.7. The van der Waals surface area contributed by atoms with Gasteiger partial charge in [-0.05, 0) is 44.5 Å². The fraction of sp³-hybridized carbons (Fsp3) is 0.515. The van der Waals surface area contributed by atoms with Crippen LogP contribution in [0.4, 0.5) is 0 Å². The van der Waals surface area contributed by atoms with Crippen molar-refractivity contribution in [3.05, 3.63) is 70.2 Å². The van der Waals surface area contributed by atoms with E-state index in [1.807, 2.05) is 29.3 Å². The first-order valence-electron chi connectivity index (χ1n) is 15.3. The number of hydrogen-bond donors (Lipinski definition) is 1. The van der Waals surface area contributed by atoms with E-state index in [9.17, 15) is 14.3 Å². The number of phosphoric ester groups is 1. The number of unbranched alkanes of at least 4 members (excludes halogenated alkanes) is 11. The highest BCUT2D eigenvalue weighted by atomic mass is 32.1. The molecule has 3 rings (SSSR count). The Labute approximate surface area is 255 Å². The molecular formula is C33H47NO6PS+. The topological polar surface area (TPSA) is 85.9 Å². The number of carbonyl (C=O) groups is 1. The van der Waals surface area contributed by atoms with Crippen LogP contribution < -0.4 is 18.4 Å². The molecule has 0 aliphatic carbocycles. The summed E-state index contributed by atoms with van der Waals surface area (Å²) < 4.78 is 31.6. The standard InChI is InChI=1S/C33H46NO6PS/c1-4-5-6-7-8-9-10-11-12-13-14-15-21-38-30-19-20-32(28(3)35)33(23-30)40-41(36,37)39-31-18-16-17-29(22-31)25-34-24-27(2)42-26-34/h16-20,22-24,26H,4-15,21,25H2,1-3H3/p+1. The highest BCUT2D eigenvalue weighted by Gasteiger charge is 2.28. The number of aryl methyl sites for hydroxylation is 1. The third kappa shape index (κ3) is 12.7. The molecule has 0 fully saturated rings. The van der Waals surface area contributed by atoms with Gasteiger partial charge < -0.3 is 13.8 Å². The molecule has 0 aliphatic heterocycles. The van der Waals surface area contributed by atoms with Crippen molar-refractivity contribution in [2.24, 2.45) is 0 Å². The summed E-state index contributed by atoms with van der Waals surface area (Å²) in [4.78, 5) is 23.9. The number of Topliss-reactive ketones (excluding diaryl/α,β-unsaturated/α-hetero) is 1. The second kappa shape index (κ2) is 18.1. The molecule has 1 N–H and O–H groups in total. The lowest BCUT2D eigenvalue weighted by atomic mass is 10.1. The molecule has 230 valence electrons. The summed E-state index contributed by atoms with van der Waals surface area (Å²) >= 11 is 1.65. The van der Waals surface area contributed by atoms with Crippen LogP contribution in [0.15, 0.2) is 54.2 Å². The summed E-state index contributed by atoms with van der Waals surface area (Å²) in [5.74, 6) is 0.348. The molecule has 42 heavy (non-hydrogen) atoms. The number of hydrogen-bond acceptors (Lipinski definition) is 6. The second-order valence-corrected chi connectivity index (χ2v) is 13.3. The van der Waals surface area contributed by atoms with Gasteiger partial charge in [0.25, 0.3) is 0 Å². The SMILES string of the molecule is CCCCCCCCCCCCCCOc1ccc(C(C)=O)c(OP(=O)(O)Oc2cccc(C[n+]3csc(C)c3)c2)c1. The van der Waals surface area contributed by atoms with E-state index in [0.717, 1.165) is 18.4 Å². The monoisotopic (exact) mass is 616 g/mol. The highest BCUT2D eigenvalue weighted by molar-refractivity contribution is 7.48. The van der Waals surface area contributed by atoms with Crippen LogP contribution in [0.5, 0.6) is 17.2 Å². The van der Waals surface area contributed by atoms with Gasteiger partial charge in [0, 0.05) is 11.6 Å². The zero-order valence-electron chi connectivity index (χ0n) is 25.4.